The van der Waals surface area contributed by atoms with Gasteiger partial charge in [0.1, 0.15) is 10.8 Å². The van der Waals surface area contributed by atoms with Crippen LogP contribution >= 0.6 is 11.3 Å². The highest BCUT2D eigenvalue weighted by atomic mass is 32.1. The van der Waals surface area contributed by atoms with Crippen molar-refractivity contribution in [1.82, 2.24) is 10.3 Å². The Hall–Kier alpha value is -2.28. The first kappa shape index (κ1) is 15.1. The number of rotatable bonds is 6. The number of hydrogen-bond donors (Lipinski definition) is 2. The lowest BCUT2D eigenvalue weighted by atomic mass is 10.2. The zero-order valence-corrected chi connectivity index (χ0v) is 11.8. The van der Waals surface area contributed by atoms with Crippen molar-refractivity contribution in [2.24, 2.45) is 0 Å². The van der Waals surface area contributed by atoms with E-state index in [1.807, 2.05) is 0 Å². The fraction of sp³-hybridized carbons (Fsp3) is 0.214. The fourth-order valence-corrected chi connectivity index (χ4v) is 2.49. The molecule has 0 aliphatic heterocycles. The van der Waals surface area contributed by atoms with Gasteiger partial charge in [-0.25, -0.2) is 9.37 Å². The molecule has 1 aromatic heterocycles. The molecule has 0 bridgehead atoms. The summed E-state index contributed by atoms with van der Waals surface area (Å²) in [5.41, 5.74) is 0.848. The van der Waals surface area contributed by atoms with Crippen LogP contribution in [-0.4, -0.2) is 22.0 Å². The van der Waals surface area contributed by atoms with E-state index >= 15 is 0 Å². The van der Waals surface area contributed by atoms with E-state index in [4.69, 9.17) is 5.11 Å². The maximum atomic E-state index is 13.4. The summed E-state index contributed by atoms with van der Waals surface area (Å²) in [6, 6.07) is 6.22. The molecule has 110 valence electrons. The molecule has 7 heteroatoms. The number of thiazole rings is 1. The van der Waals surface area contributed by atoms with E-state index in [1.165, 1.54) is 17.4 Å². The number of aliphatic carboxylic acids is 1. The Bertz CT molecular complexity index is 657. The van der Waals surface area contributed by atoms with E-state index in [0.717, 1.165) is 0 Å². The Balaban J connectivity index is 1.86. The molecule has 2 rings (SSSR count). The second-order valence-electron chi connectivity index (χ2n) is 4.35. The maximum Gasteiger partial charge on any atom is 0.309 e. The normalized spacial score (nSPS) is 10.3. The number of nitrogens with zero attached hydrogens (tertiary/aromatic N) is 1. The molecule has 0 saturated heterocycles. The number of aromatic nitrogens is 1. The zero-order valence-electron chi connectivity index (χ0n) is 11.0. The van der Waals surface area contributed by atoms with Gasteiger partial charge in [-0.1, -0.05) is 18.2 Å². The largest absolute Gasteiger partial charge is 0.481 e. The molecule has 0 unspecified atom stereocenters. The van der Waals surface area contributed by atoms with E-state index < -0.39 is 5.97 Å². The lowest BCUT2D eigenvalue weighted by Gasteiger charge is -2.05. The first-order chi connectivity index (χ1) is 10.0. The minimum Gasteiger partial charge on any atom is -0.481 e. The van der Waals surface area contributed by atoms with Crippen LogP contribution in [0.5, 0.6) is 0 Å². The third-order valence-corrected chi connectivity index (χ3v) is 3.57. The molecule has 0 spiro atoms. The number of halogens is 1. The van der Waals surface area contributed by atoms with Crippen molar-refractivity contribution in [1.29, 1.82) is 0 Å². The molecule has 1 aromatic carbocycles. The quantitative estimate of drug-likeness (QED) is 0.852. The van der Waals surface area contributed by atoms with Gasteiger partial charge >= 0.3 is 5.97 Å². The molecule has 0 atom stereocenters. The van der Waals surface area contributed by atoms with E-state index in [1.54, 1.807) is 23.6 Å². The lowest BCUT2D eigenvalue weighted by molar-refractivity contribution is -0.136. The summed E-state index contributed by atoms with van der Waals surface area (Å²) in [5.74, 6) is -1.61. The molecule has 2 N–H and O–H groups in total. The first-order valence-electron chi connectivity index (χ1n) is 6.20. The lowest BCUT2D eigenvalue weighted by Crippen LogP contribution is -2.25. The summed E-state index contributed by atoms with van der Waals surface area (Å²) in [6.07, 6.45) is -0.105. The molecule has 1 amide bonds. The van der Waals surface area contributed by atoms with Crippen molar-refractivity contribution in [3.63, 3.8) is 0 Å². The average Bonchev–Trinajstić information content (AvgIpc) is 2.84. The van der Waals surface area contributed by atoms with Gasteiger partial charge in [-0.3, -0.25) is 9.59 Å². The number of carbonyl (C=O) groups is 2. The minimum absolute atomic E-state index is 0.0543. The van der Waals surface area contributed by atoms with Gasteiger partial charge in [-0.05, 0) is 6.07 Å². The number of carboxylic acid groups (broad SMARTS) is 1. The number of benzene rings is 1. The predicted molar refractivity (Wildman–Crippen MR) is 75.4 cm³/mol. The van der Waals surface area contributed by atoms with Gasteiger partial charge in [0.2, 0.25) is 5.91 Å². The zero-order chi connectivity index (χ0) is 15.2. The van der Waals surface area contributed by atoms with Gasteiger partial charge in [0.25, 0.3) is 0 Å². The van der Waals surface area contributed by atoms with E-state index in [0.29, 0.717) is 16.3 Å². The van der Waals surface area contributed by atoms with Gasteiger partial charge in [0.15, 0.2) is 0 Å². The van der Waals surface area contributed by atoms with Crippen molar-refractivity contribution < 1.29 is 19.1 Å². The molecular weight excluding hydrogens is 295 g/mol. The summed E-state index contributed by atoms with van der Waals surface area (Å²) in [5, 5.41) is 13.4. The van der Waals surface area contributed by atoms with E-state index in [2.05, 4.69) is 10.3 Å². The van der Waals surface area contributed by atoms with E-state index in [9.17, 15) is 14.0 Å². The fourth-order valence-electron chi connectivity index (χ4n) is 1.70. The van der Waals surface area contributed by atoms with Gasteiger partial charge in [-0.15, -0.1) is 11.3 Å². The third kappa shape index (κ3) is 4.64. The van der Waals surface area contributed by atoms with Crippen LogP contribution in [0.1, 0.15) is 16.3 Å². The number of carbonyl (C=O) groups excluding carboxylic acids is 1. The molecule has 0 aliphatic carbocycles. The molecule has 21 heavy (non-hydrogen) atoms. The molecule has 0 saturated carbocycles. The maximum absolute atomic E-state index is 13.4. The molecule has 5 nitrogen and oxygen atoms in total. The third-order valence-electron chi connectivity index (χ3n) is 2.68. The molecule has 0 aliphatic rings. The van der Waals surface area contributed by atoms with Crippen LogP contribution < -0.4 is 5.32 Å². The van der Waals surface area contributed by atoms with Crippen molar-refractivity contribution in [2.75, 3.05) is 0 Å². The van der Waals surface area contributed by atoms with E-state index in [-0.39, 0.29) is 31.1 Å². The van der Waals surface area contributed by atoms with Crippen molar-refractivity contribution in [3.8, 4) is 0 Å². The number of amides is 1. The van der Waals surface area contributed by atoms with Gasteiger partial charge in [0.05, 0.1) is 18.5 Å². The number of nitrogens with one attached hydrogen (secondary N) is 1. The van der Waals surface area contributed by atoms with Crippen LogP contribution in [0.25, 0.3) is 0 Å². The van der Waals surface area contributed by atoms with Crippen LogP contribution in [0.2, 0.25) is 0 Å². The summed E-state index contributed by atoms with van der Waals surface area (Å²) < 4.78 is 13.4. The number of carboxylic acids is 1. The Morgan fingerprint density at radius 2 is 2.05 bits per heavy atom. The molecule has 2 aromatic rings. The Morgan fingerprint density at radius 3 is 2.76 bits per heavy atom. The number of hydrogen-bond acceptors (Lipinski definition) is 4. The van der Waals surface area contributed by atoms with Crippen molar-refractivity contribution >= 4 is 23.2 Å². The summed E-state index contributed by atoms with van der Waals surface area (Å²) >= 11 is 1.24. The van der Waals surface area contributed by atoms with Crippen LogP contribution in [0.3, 0.4) is 0 Å². The molecule has 0 radical (unpaired) electrons. The van der Waals surface area contributed by atoms with Gasteiger partial charge in [0, 0.05) is 17.5 Å². The second kappa shape index (κ2) is 6.94. The predicted octanol–water partition coefficient (Wildman–Crippen LogP) is 1.77. The highest BCUT2D eigenvalue weighted by Gasteiger charge is 2.10. The summed E-state index contributed by atoms with van der Waals surface area (Å²) in [7, 11) is 0. The van der Waals surface area contributed by atoms with Crippen LogP contribution in [0, 0.1) is 5.82 Å². The van der Waals surface area contributed by atoms with Crippen molar-refractivity contribution in [2.45, 2.75) is 19.4 Å². The van der Waals surface area contributed by atoms with Crippen LogP contribution in [-0.2, 0) is 29.0 Å². The molecule has 1 heterocycles. The highest BCUT2D eigenvalue weighted by Crippen LogP contribution is 2.11. The molecule has 0 fully saturated rings. The monoisotopic (exact) mass is 308 g/mol. The second-order valence-corrected chi connectivity index (χ2v) is 5.29. The Morgan fingerprint density at radius 1 is 1.29 bits per heavy atom. The smallest absolute Gasteiger partial charge is 0.309 e. The van der Waals surface area contributed by atoms with Crippen LogP contribution in [0.4, 0.5) is 4.39 Å². The van der Waals surface area contributed by atoms with Gasteiger partial charge in [-0.2, -0.15) is 0 Å². The standard InChI is InChI=1S/C14H13FN2O3S/c15-11-4-2-1-3-9(11)7-16-12(18)6-13-17-10(8-21-13)5-14(19)20/h1-4,8H,5-7H2,(H,16,18)(H,19,20). The van der Waals surface area contributed by atoms with Crippen molar-refractivity contribution in [3.05, 3.63) is 51.7 Å². The Kier molecular flexibility index (Phi) is 4.99. The van der Waals surface area contributed by atoms with Gasteiger partial charge < -0.3 is 10.4 Å². The summed E-state index contributed by atoms with van der Waals surface area (Å²) in [6.45, 7) is 0.110. The highest BCUT2D eigenvalue weighted by molar-refractivity contribution is 7.09. The molecular formula is C14H13FN2O3S. The minimum atomic E-state index is -0.962. The Labute approximate surface area is 124 Å². The first-order valence-corrected chi connectivity index (χ1v) is 7.07. The SMILES string of the molecule is O=C(O)Cc1csc(CC(=O)NCc2ccccc2F)n1. The summed E-state index contributed by atoms with van der Waals surface area (Å²) in [4.78, 5) is 26.4. The van der Waals surface area contributed by atoms with Crippen LogP contribution in [0.15, 0.2) is 29.6 Å². The average molecular weight is 308 g/mol. The topological polar surface area (TPSA) is 79.3 Å².